The summed E-state index contributed by atoms with van der Waals surface area (Å²) >= 11 is 0. The van der Waals surface area contributed by atoms with Gasteiger partial charge >= 0.3 is 0 Å². The number of likely N-dealkylation sites (N-methyl/N-ethyl adjacent to an activating group) is 1. The fourth-order valence-electron chi connectivity index (χ4n) is 3.60. The van der Waals surface area contributed by atoms with E-state index in [4.69, 9.17) is 9.47 Å². The highest BCUT2D eigenvalue weighted by Gasteiger charge is 2.16. The molecule has 1 atom stereocenters. The topological polar surface area (TPSA) is 114 Å². The largest absolute Gasteiger partial charge is 0.493 e. The highest BCUT2D eigenvalue weighted by molar-refractivity contribution is 7.99. The minimum atomic E-state index is -2.74. The number of ether oxygens (including phenoxy) is 2. The molecule has 1 unspecified atom stereocenters. The molecule has 3 heterocycles. The van der Waals surface area contributed by atoms with Crippen LogP contribution in [0, 0.1) is 11.6 Å². The number of halogens is 2. The average molecular weight is 532 g/mol. The summed E-state index contributed by atoms with van der Waals surface area (Å²) in [7, 11) is -2.74. The average Bonchev–Trinajstić information content (AvgIpc) is 2.83. The number of carbonyl (C=O) groups is 1. The van der Waals surface area contributed by atoms with E-state index < -0.39 is 21.3 Å². The van der Waals surface area contributed by atoms with Gasteiger partial charge in [0.2, 0.25) is 11.8 Å². The molecule has 0 saturated carbocycles. The number of amides is 1. The number of aromatic nitrogens is 2. The van der Waals surface area contributed by atoms with E-state index in [1.54, 1.807) is 19.1 Å². The lowest BCUT2D eigenvalue weighted by Crippen LogP contribution is -2.37. The summed E-state index contributed by atoms with van der Waals surface area (Å²) in [6.07, 6.45) is 2.98. The molecule has 3 aromatic rings. The number of hydrogen-bond donors (Lipinski definition) is 3. The third-order valence-electron chi connectivity index (χ3n) is 5.22. The van der Waals surface area contributed by atoms with E-state index in [0.717, 1.165) is 6.20 Å². The minimum absolute atomic E-state index is 0.104. The third-order valence-corrected chi connectivity index (χ3v) is 6.66. The highest BCUT2D eigenvalue weighted by Crippen LogP contribution is 2.34. The van der Waals surface area contributed by atoms with Crippen LogP contribution in [0.4, 0.5) is 20.4 Å². The number of hydrogen-bond acceptors (Lipinski definition) is 7. The van der Waals surface area contributed by atoms with E-state index in [0.29, 0.717) is 29.9 Å². The van der Waals surface area contributed by atoms with Gasteiger partial charge in [0.25, 0.3) is 0 Å². The molecule has 196 valence electrons. The van der Waals surface area contributed by atoms with Crippen LogP contribution >= 0.6 is 0 Å². The first-order valence-corrected chi connectivity index (χ1v) is 13.6. The van der Waals surface area contributed by atoms with Gasteiger partial charge in [-0.2, -0.15) is 4.98 Å². The Balaban J connectivity index is 1.70. The molecule has 1 amide bonds. The molecule has 1 aliphatic heterocycles. The molecule has 4 bridgehead atoms. The van der Waals surface area contributed by atoms with Crippen molar-refractivity contribution in [2.45, 2.75) is 13.3 Å². The maximum atomic E-state index is 14.8. The number of rotatable bonds is 5. The van der Waals surface area contributed by atoms with Crippen molar-refractivity contribution in [2.75, 3.05) is 37.9 Å². The zero-order chi connectivity index (χ0) is 26.4. The van der Waals surface area contributed by atoms with E-state index in [1.165, 1.54) is 35.9 Å². The summed E-state index contributed by atoms with van der Waals surface area (Å²) in [5.41, 5.74) is 1.08. The maximum absolute atomic E-state index is 14.8. The van der Waals surface area contributed by atoms with Crippen LogP contribution in [0.1, 0.15) is 18.9 Å². The monoisotopic (exact) mass is 531 g/mol. The summed E-state index contributed by atoms with van der Waals surface area (Å²) in [6, 6.07) is 8.61. The lowest BCUT2D eigenvalue weighted by Gasteiger charge is -2.16. The fraction of sp³-hybridized carbons (Fsp3) is 0.280. The van der Waals surface area contributed by atoms with Crippen molar-refractivity contribution in [1.82, 2.24) is 20.0 Å². The molecule has 0 radical (unpaired) electrons. The molecule has 3 N–H and O–H groups in total. The predicted molar refractivity (Wildman–Crippen MR) is 139 cm³/mol. The van der Waals surface area contributed by atoms with Crippen LogP contribution in [0.3, 0.4) is 0 Å². The number of carbonyl (C=O) groups excluding carboxylic acids is 1. The Labute approximate surface area is 213 Å². The number of nitrogens with zero attached hydrogens (tertiary/aromatic N) is 2. The van der Waals surface area contributed by atoms with Crippen molar-refractivity contribution in [3.8, 4) is 22.8 Å². The molecular weight excluding hydrogens is 504 g/mol. The van der Waals surface area contributed by atoms with Gasteiger partial charge in [0.05, 0.1) is 26.0 Å². The maximum Gasteiger partial charge on any atom is 0.234 e. The molecule has 0 aliphatic carbocycles. The van der Waals surface area contributed by atoms with Crippen molar-refractivity contribution in [2.24, 2.45) is 0 Å². The Kier molecular flexibility index (Phi) is 8.19. The molecule has 4 rings (SSSR count). The Morgan fingerprint density at radius 3 is 2.76 bits per heavy atom. The summed E-state index contributed by atoms with van der Waals surface area (Å²) in [5.74, 6) is -0.318. The Hall–Kier alpha value is -3.77. The second-order valence-corrected chi connectivity index (χ2v) is 10.6. The smallest absolute Gasteiger partial charge is 0.234 e. The molecular formula is C25H27F2N5O4S. The standard InChI is InChI=1S/C25H27F2N5O4S/c1-3-28-24(33)14-30-37(2,34)15-16-9-23-31-22-12-19(20(27)13-29-22)18-6-5-17(26)11-21(18)35-7-4-8-36-25(10-16)32-23/h5-6,9-13,15H,3-4,7-8,14H2,1-2H3,(H,28,33)(H,30,34)(H,29,31,32). The SMILES string of the molecule is CCNC(=O)CNS(C)(=O)=Cc1cc2nc(c1)OCCCOc1cc(F)ccc1-c1cc(ncc1F)N2. The fourth-order valence-corrected chi connectivity index (χ4v) is 4.76. The van der Waals surface area contributed by atoms with Gasteiger partial charge in [0, 0.05) is 57.6 Å². The van der Waals surface area contributed by atoms with Crippen LogP contribution < -0.4 is 24.8 Å². The lowest BCUT2D eigenvalue weighted by atomic mass is 10.0. The Bertz CT molecular complexity index is 1430. The van der Waals surface area contributed by atoms with Gasteiger partial charge in [-0.25, -0.2) is 18.5 Å². The molecule has 0 saturated heterocycles. The zero-order valence-electron chi connectivity index (χ0n) is 20.3. The first kappa shape index (κ1) is 26.3. The van der Waals surface area contributed by atoms with E-state index in [-0.39, 0.29) is 48.7 Å². The summed E-state index contributed by atoms with van der Waals surface area (Å²) in [5, 5.41) is 7.15. The van der Waals surface area contributed by atoms with Gasteiger partial charge in [0.15, 0.2) is 0 Å². The molecule has 9 nitrogen and oxygen atoms in total. The number of benzene rings is 1. The number of anilines is 2. The quantitative estimate of drug-likeness (QED) is 0.434. The van der Waals surface area contributed by atoms with E-state index in [1.807, 2.05) is 0 Å². The molecule has 1 aliphatic rings. The molecule has 0 spiro atoms. The van der Waals surface area contributed by atoms with Crippen LogP contribution in [0.25, 0.3) is 11.1 Å². The van der Waals surface area contributed by atoms with Crippen LogP contribution in [0.2, 0.25) is 0 Å². The highest BCUT2D eigenvalue weighted by atomic mass is 32.2. The summed E-state index contributed by atoms with van der Waals surface area (Å²) < 4.78 is 56.0. The van der Waals surface area contributed by atoms with E-state index in [9.17, 15) is 17.8 Å². The van der Waals surface area contributed by atoms with E-state index in [2.05, 4.69) is 25.3 Å². The van der Waals surface area contributed by atoms with Gasteiger partial charge in [-0.1, -0.05) is 0 Å². The minimum Gasteiger partial charge on any atom is -0.493 e. The van der Waals surface area contributed by atoms with Gasteiger partial charge in [-0.15, -0.1) is 0 Å². The summed E-state index contributed by atoms with van der Waals surface area (Å²) in [6.45, 7) is 2.59. The van der Waals surface area contributed by atoms with Gasteiger partial charge in [-0.05, 0) is 36.8 Å². The van der Waals surface area contributed by atoms with Crippen molar-refractivity contribution >= 4 is 32.6 Å². The number of pyridine rings is 2. The molecule has 2 aromatic heterocycles. The van der Waals surface area contributed by atoms with E-state index >= 15 is 0 Å². The normalized spacial score (nSPS) is 14.5. The number of fused-ring (bicyclic) bond motifs is 6. The van der Waals surface area contributed by atoms with Gasteiger partial charge in [0.1, 0.15) is 29.0 Å². The third kappa shape index (κ3) is 7.14. The zero-order valence-corrected chi connectivity index (χ0v) is 21.2. The van der Waals surface area contributed by atoms with Crippen LogP contribution in [0.15, 0.2) is 42.6 Å². The molecule has 1 aromatic carbocycles. The second kappa shape index (κ2) is 11.5. The summed E-state index contributed by atoms with van der Waals surface area (Å²) in [4.78, 5) is 20.3. The molecule has 12 heteroatoms. The van der Waals surface area contributed by atoms with Crippen molar-refractivity contribution in [1.29, 1.82) is 0 Å². The molecule has 37 heavy (non-hydrogen) atoms. The number of nitrogens with one attached hydrogen (secondary N) is 3. The van der Waals surface area contributed by atoms with Crippen molar-refractivity contribution < 1.29 is 27.3 Å². The Morgan fingerprint density at radius 2 is 1.95 bits per heavy atom. The van der Waals surface area contributed by atoms with Crippen LogP contribution in [0.5, 0.6) is 11.6 Å². The first-order valence-electron chi connectivity index (χ1n) is 11.6. The van der Waals surface area contributed by atoms with Crippen molar-refractivity contribution in [3.05, 3.63) is 59.8 Å². The van der Waals surface area contributed by atoms with Crippen LogP contribution in [-0.2, 0) is 14.5 Å². The van der Waals surface area contributed by atoms with Crippen molar-refractivity contribution in [3.63, 3.8) is 0 Å². The first-order chi connectivity index (χ1) is 17.7. The molecule has 0 fully saturated rings. The lowest BCUT2D eigenvalue weighted by molar-refractivity contribution is -0.119. The Morgan fingerprint density at radius 1 is 1.14 bits per heavy atom. The van der Waals surface area contributed by atoms with Gasteiger partial charge in [-0.3, -0.25) is 9.00 Å². The second-order valence-electron chi connectivity index (χ2n) is 8.29. The van der Waals surface area contributed by atoms with Gasteiger partial charge < -0.3 is 20.1 Å². The predicted octanol–water partition coefficient (Wildman–Crippen LogP) is 3.03. The van der Waals surface area contributed by atoms with Crippen LogP contribution in [-0.4, -0.2) is 58.0 Å².